The maximum absolute atomic E-state index is 13.6. The summed E-state index contributed by atoms with van der Waals surface area (Å²) in [4.78, 5) is 35.2. The Kier molecular flexibility index (Phi) is 10.7. The Labute approximate surface area is 294 Å². The van der Waals surface area contributed by atoms with Crippen molar-refractivity contribution in [2.45, 2.75) is 38.0 Å². The second-order valence-corrected chi connectivity index (χ2v) is 12.9. The first kappa shape index (κ1) is 34.3. The zero-order valence-corrected chi connectivity index (χ0v) is 28.6. The first-order valence-corrected chi connectivity index (χ1v) is 16.7. The highest BCUT2D eigenvalue weighted by molar-refractivity contribution is 6.35. The molecule has 0 aliphatic carbocycles. The summed E-state index contributed by atoms with van der Waals surface area (Å²) in [7, 11) is 3.03. The van der Waals surface area contributed by atoms with Crippen LogP contribution in [0.4, 0.5) is 10.5 Å². The number of pyridine rings is 2. The molecule has 49 heavy (non-hydrogen) atoms. The predicted molar refractivity (Wildman–Crippen MR) is 183 cm³/mol. The van der Waals surface area contributed by atoms with Gasteiger partial charge in [-0.25, -0.2) is 9.59 Å². The van der Waals surface area contributed by atoms with E-state index in [-0.39, 0.29) is 29.1 Å². The largest absolute Gasteiger partial charge is 0.619 e. The molecule has 13 heteroatoms. The van der Waals surface area contributed by atoms with Gasteiger partial charge in [0.15, 0.2) is 23.9 Å². The van der Waals surface area contributed by atoms with Gasteiger partial charge in [-0.2, -0.15) is 4.73 Å². The summed E-state index contributed by atoms with van der Waals surface area (Å²) in [6.45, 7) is 3.05. The van der Waals surface area contributed by atoms with Crippen LogP contribution in [-0.2, 0) is 22.4 Å². The van der Waals surface area contributed by atoms with Crippen molar-refractivity contribution in [1.29, 1.82) is 0 Å². The first-order valence-electron chi connectivity index (χ1n) is 15.9. The number of halogens is 2. The quantitative estimate of drug-likeness (QED) is 0.0990. The van der Waals surface area contributed by atoms with Crippen molar-refractivity contribution >= 4 is 41.0 Å². The fraction of sp³-hybridized carbons (Fsp3) is 0.333. The highest BCUT2D eigenvalue weighted by Gasteiger charge is 2.37. The number of hydrogen-bond donors (Lipinski definition) is 0. The second-order valence-electron chi connectivity index (χ2n) is 12.1. The van der Waals surface area contributed by atoms with Gasteiger partial charge in [-0.1, -0.05) is 41.4 Å². The summed E-state index contributed by atoms with van der Waals surface area (Å²) in [6, 6.07) is 15.6. The Morgan fingerprint density at radius 2 is 1.73 bits per heavy atom. The monoisotopic (exact) mass is 706 g/mol. The number of amides is 1. The van der Waals surface area contributed by atoms with Gasteiger partial charge in [-0.3, -0.25) is 14.8 Å². The van der Waals surface area contributed by atoms with Crippen LogP contribution in [0.3, 0.4) is 0 Å². The third-order valence-electron chi connectivity index (χ3n) is 9.03. The van der Waals surface area contributed by atoms with E-state index in [0.717, 1.165) is 38.0 Å². The van der Waals surface area contributed by atoms with E-state index < -0.39 is 18.2 Å². The molecular formula is C36H36Cl2N4O7. The molecule has 5 heterocycles. The van der Waals surface area contributed by atoms with Gasteiger partial charge >= 0.3 is 12.1 Å². The number of carbonyl (C=O) groups is 2. The van der Waals surface area contributed by atoms with Crippen molar-refractivity contribution < 1.29 is 33.3 Å². The van der Waals surface area contributed by atoms with Gasteiger partial charge < -0.3 is 24.2 Å². The van der Waals surface area contributed by atoms with Crippen LogP contribution in [0.2, 0.25) is 10.0 Å². The van der Waals surface area contributed by atoms with Crippen LogP contribution in [0.25, 0.3) is 0 Å². The Morgan fingerprint density at radius 1 is 1.02 bits per heavy atom. The minimum atomic E-state index is -0.855. The molecule has 2 bridgehead atoms. The molecule has 1 amide bonds. The van der Waals surface area contributed by atoms with E-state index in [1.807, 2.05) is 6.07 Å². The highest BCUT2D eigenvalue weighted by Crippen LogP contribution is 2.36. The van der Waals surface area contributed by atoms with E-state index in [0.29, 0.717) is 44.5 Å². The summed E-state index contributed by atoms with van der Waals surface area (Å²) in [5.41, 5.74) is 2.72. The number of ether oxygens (including phenoxy) is 4. The third-order valence-corrected chi connectivity index (χ3v) is 9.68. The second kappa shape index (κ2) is 15.3. The molecule has 4 aromatic rings. The van der Waals surface area contributed by atoms with Crippen molar-refractivity contribution in [3.8, 4) is 11.5 Å². The van der Waals surface area contributed by atoms with Crippen LogP contribution in [0, 0.1) is 11.1 Å². The normalized spacial score (nSPS) is 18.7. The molecule has 7 rings (SSSR count). The molecule has 0 unspecified atom stereocenters. The number of esters is 1. The molecule has 0 saturated carbocycles. The third kappa shape index (κ3) is 8.01. The van der Waals surface area contributed by atoms with Crippen LogP contribution in [0.15, 0.2) is 79.4 Å². The molecule has 2 aromatic carbocycles. The molecule has 256 valence electrons. The van der Waals surface area contributed by atoms with E-state index >= 15 is 0 Å². The molecule has 3 aliphatic rings. The van der Waals surface area contributed by atoms with Crippen molar-refractivity contribution in [2.24, 2.45) is 5.92 Å². The fourth-order valence-corrected chi connectivity index (χ4v) is 6.93. The number of aromatic nitrogens is 2. The van der Waals surface area contributed by atoms with Gasteiger partial charge in [-0.05, 0) is 79.4 Å². The summed E-state index contributed by atoms with van der Waals surface area (Å²) in [6.07, 6.45) is 6.36. The zero-order chi connectivity index (χ0) is 34.5. The number of benzene rings is 2. The lowest BCUT2D eigenvalue weighted by Gasteiger charge is -2.44. The molecule has 0 radical (unpaired) electrons. The Morgan fingerprint density at radius 3 is 2.35 bits per heavy atom. The minimum Gasteiger partial charge on any atom is -0.619 e. The molecule has 0 spiro atoms. The molecular weight excluding hydrogens is 671 g/mol. The molecule has 11 nitrogen and oxygen atoms in total. The van der Waals surface area contributed by atoms with Crippen LogP contribution in [0.1, 0.15) is 46.0 Å². The summed E-state index contributed by atoms with van der Waals surface area (Å²) < 4.78 is 23.5. The number of methoxy groups -OCH3 is 2. The molecule has 3 fully saturated rings. The number of carbonyl (C=O) groups excluding carboxylic acids is 2. The SMILES string of the molecule is COc1ccc([C@H](Cc2c(Cl)c[n+]([O-])cc2Cl)OC(=O)c2ccc(CN(C(=O)O[C@H]3CN4CCC3CC4)c3cccnc3)cc2)cc1OC. The topological polar surface area (TPSA) is 117 Å². The molecule has 0 N–H and O–H groups in total. The van der Waals surface area contributed by atoms with Crippen molar-refractivity contribution in [3.63, 3.8) is 0 Å². The average Bonchev–Trinajstić information content (AvgIpc) is 3.12. The van der Waals surface area contributed by atoms with E-state index in [2.05, 4.69) is 9.88 Å². The summed E-state index contributed by atoms with van der Waals surface area (Å²) in [5, 5.41) is 12.1. The van der Waals surface area contributed by atoms with Gasteiger partial charge in [0.25, 0.3) is 0 Å². The van der Waals surface area contributed by atoms with Crippen molar-refractivity contribution in [1.82, 2.24) is 9.88 Å². The number of fused-ring (bicyclic) bond motifs is 3. The lowest BCUT2D eigenvalue weighted by molar-refractivity contribution is -0.605. The highest BCUT2D eigenvalue weighted by atomic mass is 35.5. The van der Waals surface area contributed by atoms with E-state index in [4.69, 9.17) is 42.1 Å². The smallest absolute Gasteiger partial charge is 0.414 e. The van der Waals surface area contributed by atoms with Crippen molar-refractivity contribution in [2.75, 3.05) is 38.8 Å². The summed E-state index contributed by atoms with van der Waals surface area (Å²) >= 11 is 12.8. The van der Waals surface area contributed by atoms with E-state index in [9.17, 15) is 14.8 Å². The average molecular weight is 708 g/mol. The maximum atomic E-state index is 13.6. The van der Waals surface area contributed by atoms with Crippen LogP contribution < -0.4 is 19.1 Å². The molecule has 2 aromatic heterocycles. The van der Waals surface area contributed by atoms with Gasteiger partial charge in [0.2, 0.25) is 0 Å². The number of rotatable bonds is 11. The Balaban J connectivity index is 1.20. The lowest BCUT2D eigenvalue weighted by atomic mass is 9.86. The molecule has 2 atom stereocenters. The summed E-state index contributed by atoms with van der Waals surface area (Å²) in [5.74, 6) is 0.718. The first-order chi connectivity index (χ1) is 23.7. The minimum absolute atomic E-state index is 0.0829. The standard InChI is InChI=1S/C36H36Cl2N4O7/c1-46-31-10-9-26(16-33(31)47-2)32(17-28-29(37)20-41(45)21-30(28)38)48-35(43)25-7-5-23(6-8-25)19-42(27-4-3-13-39-18-27)36(44)49-34-22-40-14-11-24(34)12-15-40/h3-10,13,16,18,20-21,24,32,34H,11-12,14-15,17,19,22H2,1-2H3/t32-,34-/m0/s1. The van der Waals surface area contributed by atoms with E-state index in [1.54, 1.807) is 65.8 Å². The number of nitrogens with zero attached hydrogens (tertiary/aromatic N) is 4. The maximum Gasteiger partial charge on any atom is 0.414 e. The lowest BCUT2D eigenvalue weighted by Crippen LogP contribution is -2.53. The number of anilines is 1. The zero-order valence-electron chi connectivity index (χ0n) is 27.1. The van der Waals surface area contributed by atoms with Crippen LogP contribution >= 0.6 is 23.2 Å². The number of hydrogen-bond acceptors (Lipinski definition) is 9. The van der Waals surface area contributed by atoms with Gasteiger partial charge in [-0.15, -0.1) is 0 Å². The van der Waals surface area contributed by atoms with Crippen LogP contribution in [0.5, 0.6) is 11.5 Å². The van der Waals surface area contributed by atoms with Gasteiger partial charge in [0, 0.05) is 24.7 Å². The predicted octanol–water partition coefficient (Wildman–Crippen LogP) is 6.42. The Bertz CT molecular complexity index is 1760. The number of piperidine rings is 3. The van der Waals surface area contributed by atoms with Crippen LogP contribution in [-0.4, -0.2) is 61.9 Å². The van der Waals surface area contributed by atoms with Gasteiger partial charge in [0.05, 0.1) is 38.2 Å². The van der Waals surface area contributed by atoms with Crippen molar-refractivity contribution in [3.05, 3.63) is 117 Å². The van der Waals surface area contributed by atoms with E-state index in [1.165, 1.54) is 26.6 Å². The molecule has 3 saturated heterocycles. The fourth-order valence-electron chi connectivity index (χ4n) is 6.33. The van der Waals surface area contributed by atoms with Gasteiger partial charge in [0.1, 0.15) is 22.3 Å². The Hall–Kier alpha value is -4.58. The molecule has 3 aliphatic heterocycles.